The van der Waals surface area contributed by atoms with Gasteiger partial charge in [-0.1, -0.05) is 6.07 Å². The first-order valence-electron chi connectivity index (χ1n) is 18.6. The van der Waals surface area contributed by atoms with E-state index in [1.807, 2.05) is 0 Å². The number of hydrogen-bond acceptors (Lipinski definition) is 7. The van der Waals surface area contributed by atoms with Gasteiger partial charge in [0.1, 0.15) is 34.3 Å². The third kappa shape index (κ3) is 6.50. The van der Waals surface area contributed by atoms with Crippen LogP contribution in [0.4, 0.5) is 28.9 Å². The van der Waals surface area contributed by atoms with E-state index in [-0.39, 0.29) is 52.4 Å². The minimum absolute atomic E-state index is 0.0613. The molecule has 61 heavy (non-hydrogen) atoms. The third-order valence-electron chi connectivity index (χ3n) is 10.6. The van der Waals surface area contributed by atoms with Crippen molar-refractivity contribution in [1.29, 1.82) is 0 Å². The molecule has 0 unspecified atom stereocenters. The number of benzene rings is 4. The summed E-state index contributed by atoms with van der Waals surface area (Å²) in [5.74, 6) is -1.92. The Morgan fingerprint density at radius 2 is 1.15 bits per heavy atom. The number of rotatable bonds is 6. The summed E-state index contributed by atoms with van der Waals surface area (Å²) in [4.78, 5) is 48.2. The molecular weight excluding hydrogens is 793 g/mol. The topological polar surface area (TPSA) is 130 Å². The van der Waals surface area contributed by atoms with Gasteiger partial charge in [-0.2, -0.15) is 0 Å². The first-order chi connectivity index (χ1) is 29.4. The number of carbonyl (C=O) groups is 1. The zero-order valence-corrected chi connectivity index (χ0v) is 32.0. The van der Waals surface area contributed by atoms with Crippen molar-refractivity contribution in [1.82, 2.24) is 19.1 Å². The van der Waals surface area contributed by atoms with Gasteiger partial charge in [-0.05, 0) is 109 Å². The molecule has 1 amide bonds. The molecule has 6 heterocycles. The lowest BCUT2D eigenvalue weighted by atomic mass is 10.1. The first kappa shape index (κ1) is 38.4. The van der Waals surface area contributed by atoms with Crippen LogP contribution in [-0.2, 0) is 17.9 Å². The number of pyridine rings is 2. The molecule has 0 aliphatic heterocycles. The van der Waals surface area contributed by atoms with Gasteiger partial charge in [-0.25, -0.2) is 42.0 Å². The molecular formula is C46H28F4N6O5. The molecule has 0 saturated carbocycles. The standard InChI is InChI=1S/C23H15F2N3O3.C23H13F2N3O2/c1-12-7-16-19(9-18(12)25)28(10-13-8-14(27-11-29)4-5-17(13)24)21-20(16)15-3-2-6-26-22(15)31-23(21)30;1-12-8-16-19(10-18(12)25)28(11-13-9-14(26-2)5-6-17(13)24)21-20(16)15-4-3-7-27-22(15)30-23(21)29/h2-9,11H,10H2,1H3,(H,27,29);3-10H,11H2,1H3. The summed E-state index contributed by atoms with van der Waals surface area (Å²) in [7, 11) is 0. The van der Waals surface area contributed by atoms with Gasteiger partial charge in [-0.3, -0.25) is 4.79 Å². The predicted octanol–water partition coefficient (Wildman–Crippen LogP) is 9.98. The maximum Gasteiger partial charge on any atom is 0.362 e. The molecule has 0 spiro atoms. The number of amides is 1. The number of halogens is 4. The smallest absolute Gasteiger partial charge is 0.362 e. The third-order valence-corrected chi connectivity index (χ3v) is 10.6. The number of carbonyl (C=O) groups excluding carboxylic acids is 1. The van der Waals surface area contributed by atoms with E-state index < -0.39 is 34.5 Å². The summed E-state index contributed by atoms with van der Waals surface area (Å²) in [6.45, 7) is 10.3. The van der Waals surface area contributed by atoms with Crippen LogP contribution in [0, 0.1) is 43.7 Å². The number of hydrogen-bond donors (Lipinski definition) is 1. The minimum atomic E-state index is -0.655. The molecule has 10 aromatic rings. The van der Waals surface area contributed by atoms with Gasteiger partial charge < -0.3 is 23.3 Å². The molecule has 0 aliphatic carbocycles. The van der Waals surface area contributed by atoms with Crippen LogP contribution in [0.15, 0.2) is 116 Å². The summed E-state index contributed by atoms with van der Waals surface area (Å²) in [6.07, 6.45) is 3.53. The number of aryl methyl sites for hydroxylation is 2. The summed E-state index contributed by atoms with van der Waals surface area (Å²) in [5.41, 5.74) is 2.24. The van der Waals surface area contributed by atoms with Crippen molar-refractivity contribution < 1.29 is 31.2 Å². The zero-order chi connectivity index (χ0) is 42.7. The molecule has 15 heteroatoms. The Kier molecular flexibility index (Phi) is 9.39. The second kappa shape index (κ2) is 14.9. The highest BCUT2D eigenvalue weighted by molar-refractivity contribution is 6.19. The van der Waals surface area contributed by atoms with E-state index >= 15 is 0 Å². The molecule has 0 bridgehead atoms. The van der Waals surface area contributed by atoms with E-state index in [9.17, 15) is 31.9 Å². The second-order valence-corrected chi connectivity index (χ2v) is 14.3. The Morgan fingerprint density at radius 3 is 1.64 bits per heavy atom. The number of nitrogens with zero attached hydrogens (tertiary/aromatic N) is 5. The average Bonchev–Trinajstić information content (AvgIpc) is 3.72. The molecule has 11 nitrogen and oxygen atoms in total. The number of nitrogens with one attached hydrogen (secondary N) is 1. The monoisotopic (exact) mass is 820 g/mol. The van der Waals surface area contributed by atoms with E-state index in [0.29, 0.717) is 66.6 Å². The van der Waals surface area contributed by atoms with Crippen molar-refractivity contribution in [2.24, 2.45) is 0 Å². The predicted molar refractivity (Wildman–Crippen MR) is 223 cm³/mol. The van der Waals surface area contributed by atoms with Crippen molar-refractivity contribution in [3.63, 3.8) is 0 Å². The summed E-state index contributed by atoms with van der Waals surface area (Å²) in [5, 5.41) is 6.12. The van der Waals surface area contributed by atoms with Crippen LogP contribution in [0.3, 0.4) is 0 Å². The fourth-order valence-electron chi connectivity index (χ4n) is 7.80. The number of aromatic nitrogens is 4. The van der Waals surface area contributed by atoms with Gasteiger partial charge in [-0.15, -0.1) is 0 Å². The highest BCUT2D eigenvalue weighted by Gasteiger charge is 2.23. The maximum atomic E-state index is 14.6. The van der Waals surface area contributed by atoms with E-state index in [1.54, 1.807) is 50.2 Å². The van der Waals surface area contributed by atoms with Crippen molar-refractivity contribution >= 4 is 83.6 Å². The number of fused-ring (bicyclic) bond motifs is 10. The highest BCUT2D eigenvalue weighted by atomic mass is 19.1. The molecule has 4 aromatic carbocycles. The average molecular weight is 821 g/mol. The number of anilines is 1. The van der Waals surface area contributed by atoms with E-state index in [4.69, 9.17) is 15.4 Å². The van der Waals surface area contributed by atoms with Crippen LogP contribution in [0.1, 0.15) is 22.3 Å². The van der Waals surface area contributed by atoms with E-state index in [2.05, 4.69) is 20.1 Å². The Hall–Kier alpha value is -8.12. The van der Waals surface area contributed by atoms with Crippen LogP contribution in [-0.4, -0.2) is 25.5 Å². The molecule has 0 atom stereocenters. The first-order valence-corrected chi connectivity index (χ1v) is 18.6. The van der Waals surface area contributed by atoms with Gasteiger partial charge in [0.25, 0.3) is 0 Å². The Bertz CT molecular complexity index is 3640. The summed E-state index contributed by atoms with van der Waals surface area (Å²) >= 11 is 0. The SMILES string of the molecule is Cc1cc2c3c4cccnc4oc(=O)c3n(Cc3cc(NC=O)ccc3F)c2cc1F.[C-]#[N+]c1ccc(F)c(Cn2c3cc(F)c(C)cc3c3c4cccnc4oc(=O)c32)c1. The zero-order valence-electron chi connectivity index (χ0n) is 32.0. The van der Waals surface area contributed by atoms with Crippen molar-refractivity contribution in [2.75, 3.05) is 5.32 Å². The molecule has 300 valence electrons. The minimum Gasteiger partial charge on any atom is -0.402 e. The van der Waals surface area contributed by atoms with Gasteiger partial charge in [0, 0.05) is 56.0 Å². The second-order valence-electron chi connectivity index (χ2n) is 14.3. The van der Waals surface area contributed by atoms with Crippen LogP contribution in [0.25, 0.3) is 70.7 Å². The van der Waals surface area contributed by atoms with E-state index in [0.717, 1.165) is 0 Å². The Morgan fingerprint density at radius 1 is 0.656 bits per heavy atom. The maximum absolute atomic E-state index is 14.6. The normalized spacial score (nSPS) is 11.4. The largest absolute Gasteiger partial charge is 0.402 e. The van der Waals surface area contributed by atoms with Crippen LogP contribution >= 0.6 is 0 Å². The lowest BCUT2D eigenvalue weighted by molar-refractivity contribution is -0.105. The quantitative estimate of drug-likeness (QED) is 0.100. The molecule has 0 saturated heterocycles. The molecule has 0 aliphatic rings. The highest BCUT2D eigenvalue weighted by Crippen LogP contribution is 2.36. The van der Waals surface area contributed by atoms with Crippen LogP contribution in [0.5, 0.6) is 0 Å². The van der Waals surface area contributed by atoms with Crippen LogP contribution < -0.4 is 16.6 Å². The molecule has 0 fully saturated rings. The van der Waals surface area contributed by atoms with Crippen molar-refractivity contribution in [2.45, 2.75) is 26.9 Å². The van der Waals surface area contributed by atoms with Gasteiger partial charge in [0.15, 0.2) is 5.69 Å². The van der Waals surface area contributed by atoms with Gasteiger partial charge >= 0.3 is 11.3 Å². The van der Waals surface area contributed by atoms with Crippen LogP contribution in [0.2, 0.25) is 0 Å². The van der Waals surface area contributed by atoms with Gasteiger partial charge in [0.2, 0.25) is 17.8 Å². The summed E-state index contributed by atoms with van der Waals surface area (Å²) < 4.78 is 71.9. The van der Waals surface area contributed by atoms with Crippen molar-refractivity contribution in [3.05, 3.63) is 175 Å². The van der Waals surface area contributed by atoms with Crippen molar-refractivity contribution in [3.8, 4) is 0 Å². The molecule has 1 N–H and O–H groups in total. The molecule has 0 radical (unpaired) electrons. The fourth-order valence-corrected chi connectivity index (χ4v) is 7.80. The van der Waals surface area contributed by atoms with Gasteiger partial charge in [0.05, 0.1) is 30.7 Å². The van der Waals surface area contributed by atoms with E-state index in [1.165, 1.54) is 70.1 Å². The molecule has 10 rings (SSSR count). The fraction of sp³-hybridized carbons (Fsp3) is 0.0870. The Balaban J connectivity index is 0.000000156. The molecule has 6 aromatic heterocycles. The lowest BCUT2D eigenvalue weighted by Gasteiger charge is -2.10. The lowest BCUT2D eigenvalue weighted by Crippen LogP contribution is -2.10. The Labute approximate surface area is 340 Å². The summed E-state index contributed by atoms with van der Waals surface area (Å²) in [6, 6.07) is 21.1.